The minimum atomic E-state index is -0.318. The molecule has 1 amide bonds. The molecule has 0 bridgehead atoms. The van der Waals surface area contributed by atoms with Gasteiger partial charge in [-0.3, -0.25) is 9.59 Å². The fraction of sp³-hybridized carbons (Fsp3) is 0.846. The number of morpholine rings is 1. The Hall–Kier alpha value is -1.10. The van der Waals surface area contributed by atoms with Crippen molar-refractivity contribution in [1.29, 1.82) is 0 Å². The summed E-state index contributed by atoms with van der Waals surface area (Å²) >= 11 is 0. The first-order valence-electron chi connectivity index (χ1n) is 6.78. The van der Waals surface area contributed by atoms with Crippen molar-refractivity contribution in [3.63, 3.8) is 0 Å². The fourth-order valence-electron chi connectivity index (χ4n) is 2.80. The minimum Gasteiger partial charge on any atom is -0.466 e. The molecule has 102 valence electrons. The Bertz CT molecular complexity index is 310. The van der Waals surface area contributed by atoms with Crippen LogP contribution in [0.1, 0.15) is 32.6 Å². The average molecular weight is 255 g/mol. The molecule has 18 heavy (non-hydrogen) atoms. The number of esters is 1. The zero-order chi connectivity index (χ0) is 13.0. The summed E-state index contributed by atoms with van der Waals surface area (Å²) in [6.45, 7) is 3.46. The first-order valence-corrected chi connectivity index (χ1v) is 6.78. The first-order chi connectivity index (χ1) is 8.72. The maximum atomic E-state index is 11.7. The summed E-state index contributed by atoms with van der Waals surface area (Å²) < 4.78 is 10.6. The van der Waals surface area contributed by atoms with Crippen molar-refractivity contribution in [2.75, 3.05) is 19.8 Å². The van der Waals surface area contributed by atoms with Crippen LogP contribution in [0, 0.1) is 11.8 Å². The maximum Gasteiger partial charge on any atom is 0.308 e. The highest BCUT2D eigenvalue weighted by Crippen LogP contribution is 2.33. The van der Waals surface area contributed by atoms with Crippen molar-refractivity contribution < 1.29 is 19.1 Å². The Balaban J connectivity index is 1.82. The summed E-state index contributed by atoms with van der Waals surface area (Å²) in [6.07, 6.45) is 3.01. The van der Waals surface area contributed by atoms with Crippen molar-refractivity contribution >= 4 is 11.9 Å². The molecule has 2 fully saturated rings. The second kappa shape index (κ2) is 6.18. The van der Waals surface area contributed by atoms with Crippen LogP contribution in [0.3, 0.4) is 0 Å². The van der Waals surface area contributed by atoms with E-state index in [4.69, 9.17) is 9.47 Å². The van der Waals surface area contributed by atoms with Crippen molar-refractivity contribution in [3.8, 4) is 0 Å². The van der Waals surface area contributed by atoms with E-state index in [0.717, 1.165) is 25.7 Å². The third kappa shape index (κ3) is 3.02. The van der Waals surface area contributed by atoms with Gasteiger partial charge in [-0.05, 0) is 38.5 Å². The molecule has 2 aliphatic rings. The summed E-state index contributed by atoms with van der Waals surface area (Å²) in [5.74, 6) is 0.162. The zero-order valence-electron chi connectivity index (χ0n) is 10.8. The summed E-state index contributed by atoms with van der Waals surface area (Å²) in [4.78, 5) is 23.3. The van der Waals surface area contributed by atoms with Crippen LogP contribution in [0.15, 0.2) is 0 Å². The Kier molecular flexibility index (Phi) is 4.58. The molecule has 5 nitrogen and oxygen atoms in total. The largest absolute Gasteiger partial charge is 0.466 e. The first kappa shape index (κ1) is 13.3. The van der Waals surface area contributed by atoms with Gasteiger partial charge in [0.05, 0.1) is 19.1 Å². The van der Waals surface area contributed by atoms with Gasteiger partial charge in [0, 0.05) is 6.54 Å². The van der Waals surface area contributed by atoms with E-state index in [9.17, 15) is 9.59 Å². The number of nitrogens with one attached hydrogen (secondary N) is 1. The monoisotopic (exact) mass is 255 g/mol. The number of rotatable bonds is 3. The molecule has 1 aliphatic carbocycles. The number of carbonyl (C=O) groups is 2. The Morgan fingerprint density at radius 3 is 2.72 bits per heavy atom. The van der Waals surface area contributed by atoms with Gasteiger partial charge in [0.2, 0.25) is 5.91 Å². The van der Waals surface area contributed by atoms with Gasteiger partial charge in [-0.2, -0.15) is 0 Å². The van der Waals surface area contributed by atoms with Crippen LogP contribution in [-0.2, 0) is 19.1 Å². The summed E-state index contributed by atoms with van der Waals surface area (Å²) in [6, 6.07) is 0. The van der Waals surface area contributed by atoms with Gasteiger partial charge in [-0.25, -0.2) is 0 Å². The average Bonchev–Trinajstić information content (AvgIpc) is 2.40. The van der Waals surface area contributed by atoms with Gasteiger partial charge in [0.1, 0.15) is 6.10 Å². The lowest BCUT2D eigenvalue weighted by molar-refractivity contribution is -0.151. The molecule has 1 unspecified atom stereocenters. The van der Waals surface area contributed by atoms with E-state index in [1.807, 2.05) is 6.92 Å². The number of hydrogen-bond donors (Lipinski definition) is 1. The lowest BCUT2D eigenvalue weighted by atomic mass is 9.79. The van der Waals surface area contributed by atoms with Crippen molar-refractivity contribution in [3.05, 3.63) is 0 Å². The molecule has 1 saturated heterocycles. The van der Waals surface area contributed by atoms with Gasteiger partial charge in [0.25, 0.3) is 0 Å². The van der Waals surface area contributed by atoms with Gasteiger partial charge >= 0.3 is 5.97 Å². The summed E-state index contributed by atoms with van der Waals surface area (Å²) in [5.41, 5.74) is 0. The van der Waals surface area contributed by atoms with E-state index in [1.54, 1.807) is 0 Å². The third-order valence-electron chi connectivity index (χ3n) is 3.78. The molecule has 0 radical (unpaired) electrons. The Morgan fingerprint density at radius 1 is 1.39 bits per heavy atom. The SMILES string of the molecule is CCOC(=O)C1CCC(C2OCCNC2=O)CC1. The molecule has 0 aromatic carbocycles. The molecule has 1 atom stereocenters. The minimum absolute atomic E-state index is 0.000773. The van der Waals surface area contributed by atoms with Crippen LogP contribution < -0.4 is 5.32 Å². The number of ether oxygens (including phenoxy) is 2. The molecule has 0 spiro atoms. The Morgan fingerprint density at radius 2 is 2.11 bits per heavy atom. The van der Waals surface area contributed by atoms with Gasteiger partial charge in [0.15, 0.2) is 0 Å². The van der Waals surface area contributed by atoms with Gasteiger partial charge in [-0.15, -0.1) is 0 Å². The normalized spacial score (nSPS) is 32.7. The molecular weight excluding hydrogens is 234 g/mol. The predicted octanol–water partition coefficient (Wildman–Crippen LogP) is 0.871. The van der Waals surface area contributed by atoms with Crippen LogP contribution in [0.4, 0.5) is 0 Å². The van der Waals surface area contributed by atoms with E-state index in [0.29, 0.717) is 19.8 Å². The van der Waals surface area contributed by atoms with E-state index >= 15 is 0 Å². The zero-order valence-corrected chi connectivity index (χ0v) is 10.8. The third-order valence-corrected chi connectivity index (χ3v) is 3.78. The highest BCUT2D eigenvalue weighted by molar-refractivity contribution is 5.81. The molecule has 0 aromatic rings. The van der Waals surface area contributed by atoms with Crippen molar-refractivity contribution in [2.45, 2.75) is 38.7 Å². The van der Waals surface area contributed by atoms with Crippen LogP contribution >= 0.6 is 0 Å². The topological polar surface area (TPSA) is 64.6 Å². The lowest BCUT2D eigenvalue weighted by Crippen LogP contribution is -2.48. The van der Waals surface area contributed by atoms with E-state index < -0.39 is 0 Å². The summed E-state index contributed by atoms with van der Waals surface area (Å²) in [7, 11) is 0. The summed E-state index contributed by atoms with van der Waals surface area (Å²) in [5, 5.41) is 2.83. The van der Waals surface area contributed by atoms with Gasteiger partial charge in [-0.1, -0.05) is 0 Å². The van der Waals surface area contributed by atoms with Gasteiger partial charge < -0.3 is 14.8 Å². The van der Waals surface area contributed by atoms with Crippen molar-refractivity contribution in [1.82, 2.24) is 5.32 Å². The van der Waals surface area contributed by atoms with Crippen LogP contribution in [0.5, 0.6) is 0 Å². The molecule has 1 saturated carbocycles. The molecular formula is C13H21NO4. The molecule has 1 aliphatic heterocycles. The maximum absolute atomic E-state index is 11.7. The van der Waals surface area contributed by atoms with E-state index in [1.165, 1.54) is 0 Å². The fourth-order valence-corrected chi connectivity index (χ4v) is 2.80. The lowest BCUT2D eigenvalue weighted by Gasteiger charge is -2.34. The molecule has 5 heteroatoms. The second-order valence-corrected chi connectivity index (χ2v) is 4.95. The number of amides is 1. The standard InChI is InChI=1S/C13H21NO4/c1-2-17-13(16)10-5-3-9(4-6-10)11-12(15)14-7-8-18-11/h9-11H,2-8H2,1H3,(H,14,15). The molecule has 2 rings (SSSR count). The van der Waals surface area contributed by atoms with E-state index in [-0.39, 0.29) is 29.8 Å². The second-order valence-electron chi connectivity index (χ2n) is 4.95. The smallest absolute Gasteiger partial charge is 0.308 e. The van der Waals surface area contributed by atoms with Crippen LogP contribution in [-0.4, -0.2) is 37.7 Å². The molecule has 1 N–H and O–H groups in total. The van der Waals surface area contributed by atoms with Crippen molar-refractivity contribution in [2.24, 2.45) is 11.8 Å². The van der Waals surface area contributed by atoms with Crippen LogP contribution in [0.25, 0.3) is 0 Å². The Labute approximate surface area is 107 Å². The van der Waals surface area contributed by atoms with Crippen LogP contribution in [0.2, 0.25) is 0 Å². The van der Waals surface area contributed by atoms with E-state index in [2.05, 4.69) is 5.32 Å². The highest BCUT2D eigenvalue weighted by atomic mass is 16.5. The number of carbonyl (C=O) groups excluding carboxylic acids is 2. The quantitative estimate of drug-likeness (QED) is 0.760. The number of hydrogen-bond acceptors (Lipinski definition) is 4. The highest BCUT2D eigenvalue weighted by Gasteiger charge is 2.36. The predicted molar refractivity (Wildman–Crippen MR) is 64.8 cm³/mol. The molecule has 1 heterocycles. The molecule has 0 aromatic heterocycles.